The highest BCUT2D eigenvalue weighted by Gasteiger charge is 2.09. The number of aliphatic carboxylic acids is 1. The number of hydrogen-bond donors (Lipinski definition) is 3. The minimum absolute atomic E-state index is 0.121. The van der Waals surface area contributed by atoms with E-state index in [1.807, 2.05) is 30.3 Å². The van der Waals surface area contributed by atoms with Crippen molar-refractivity contribution in [1.29, 1.82) is 0 Å². The molecule has 0 saturated heterocycles. The second kappa shape index (κ2) is 10.2. The summed E-state index contributed by atoms with van der Waals surface area (Å²) < 4.78 is 0. The van der Waals surface area contributed by atoms with Crippen LogP contribution in [0.4, 0.5) is 0 Å². The second-order valence-corrected chi connectivity index (χ2v) is 4.15. The van der Waals surface area contributed by atoms with Gasteiger partial charge in [0.2, 0.25) is 0 Å². The monoisotopic (exact) mass is 266 g/mol. The molecule has 0 aliphatic heterocycles. The Morgan fingerprint density at radius 3 is 2.16 bits per heavy atom. The predicted molar refractivity (Wildman–Crippen MR) is 75.0 cm³/mol. The molecule has 5 heteroatoms. The summed E-state index contributed by atoms with van der Waals surface area (Å²) in [5, 5.41) is 8.33. The number of unbranched alkanes of at least 4 members (excludes halogenated alkanes) is 1. The highest BCUT2D eigenvalue weighted by atomic mass is 16.4. The van der Waals surface area contributed by atoms with Gasteiger partial charge in [0.25, 0.3) is 0 Å². The van der Waals surface area contributed by atoms with Crippen molar-refractivity contribution >= 4 is 11.8 Å². The fourth-order valence-corrected chi connectivity index (χ4v) is 1.30. The average molecular weight is 266 g/mol. The molecule has 0 spiro atoms. The summed E-state index contributed by atoms with van der Waals surface area (Å²) in [6.45, 7) is 2.17. The third-order valence-electron chi connectivity index (χ3n) is 2.47. The lowest BCUT2D eigenvalue weighted by Crippen LogP contribution is -2.29. The van der Waals surface area contributed by atoms with E-state index in [2.05, 4.69) is 0 Å². The number of rotatable bonds is 6. The van der Waals surface area contributed by atoms with Gasteiger partial charge in [0.15, 0.2) is 5.78 Å². The number of Topliss-reactive ketones (excluding diaryl/α,β-unsaturated/α-hetero) is 1. The maximum Gasteiger partial charge on any atom is 0.320 e. The van der Waals surface area contributed by atoms with E-state index in [9.17, 15) is 9.59 Å². The molecule has 106 valence electrons. The first kappa shape index (κ1) is 17.3. The third-order valence-corrected chi connectivity index (χ3v) is 2.47. The van der Waals surface area contributed by atoms with Gasteiger partial charge in [-0.1, -0.05) is 36.8 Å². The fourth-order valence-electron chi connectivity index (χ4n) is 1.30. The van der Waals surface area contributed by atoms with E-state index in [4.69, 9.17) is 16.6 Å². The molecule has 0 aromatic heterocycles. The Morgan fingerprint density at radius 2 is 1.79 bits per heavy atom. The summed E-state index contributed by atoms with van der Waals surface area (Å²) in [4.78, 5) is 20.8. The van der Waals surface area contributed by atoms with E-state index in [-0.39, 0.29) is 5.78 Å². The minimum atomic E-state index is -0.933. The quantitative estimate of drug-likeness (QED) is 0.533. The van der Waals surface area contributed by atoms with Crippen LogP contribution < -0.4 is 11.5 Å². The number of carboxylic acid groups (broad SMARTS) is 1. The van der Waals surface area contributed by atoms with Crippen molar-refractivity contribution in [3.8, 4) is 0 Å². The van der Waals surface area contributed by atoms with Gasteiger partial charge in [-0.3, -0.25) is 9.59 Å². The summed E-state index contributed by atoms with van der Waals surface area (Å²) in [6, 6.07) is 8.51. The Labute approximate surface area is 113 Å². The van der Waals surface area contributed by atoms with Gasteiger partial charge in [-0.05, 0) is 26.3 Å². The smallest absolute Gasteiger partial charge is 0.320 e. The van der Waals surface area contributed by atoms with Gasteiger partial charge in [-0.2, -0.15) is 0 Å². The van der Waals surface area contributed by atoms with Crippen molar-refractivity contribution in [2.75, 3.05) is 6.54 Å². The van der Waals surface area contributed by atoms with Crippen molar-refractivity contribution in [2.45, 2.75) is 32.2 Å². The molecule has 1 aromatic carbocycles. The highest BCUT2D eigenvalue weighted by Crippen LogP contribution is 1.98. The number of hydrogen-bond acceptors (Lipinski definition) is 4. The van der Waals surface area contributed by atoms with Crippen LogP contribution in [0.2, 0.25) is 0 Å². The van der Waals surface area contributed by atoms with E-state index >= 15 is 0 Å². The predicted octanol–water partition coefficient (Wildman–Crippen LogP) is 1.42. The fraction of sp³-hybridized carbons (Fsp3) is 0.429. The largest absolute Gasteiger partial charge is 0.480 e. The lowest BCUT2D eigenvalue weighted by Gasteiger charge is -2.03. The SMILES string of the molecule is CC(=O)c1ccccc1.NCCCC[C@H](N)C(=O)O. The summed E-state index contributed by atoms with van der Waals surface area (Å²) in [5.74, 6) is -0.812. The van der Waals surface area contributed by atoms with Crippen LogP contribution in [-0.4, -0.2) is 29.4 Å². The van der Waals surface area contributed by atoms with E-state index in [1.165, 1.54) is 0 Å². The molecule has 0 bridgehead atoms. The number of carboxylic acids is 1. The second-order valence-electron chi connectivity index (χ2n) is 4.15. The van der Waals surface area contributed by atoms with Gasteiger partial charge in [0.1, 0.15) is 6.04 Å². The van der Waals surface area contributed by atoms with E-state index in [1.54, 1.807) is 6.92 Å². The zero-order valence-corrected chi connectivity index (χ0v) is 11.2. The molecule has 1 rings (SSSR count). The van der Waals surface area contributed by atoms with Crippen LogP contribution in [0, 0.1) is 0 Å². The first-order chi connectivity index (χ1) is 8.99. The molecule has 0 amide bonds. The highest BCUT2D eigenvalue weighted by molar-refractivity contribution is 5.93. The Kier molecular flexibility index (Phi) is 9.30. The van der Waals surface area contributed by atoms with Crippen molar-refractivity contribution in [3.63, 3.8) is 0 Å². The molecule has 0 heterocycles. The topological polar surface area (TPSA) is 106 Å². The van der Waals surface area contributed by atoms with Crippen LogP contribution in [0.3, 0.4) is 0 Å². The van der Waals surface area contributed by atoms with Gasteiger partial charge < -0.3 is 16.6 Å². The van der Waals surface area contributed by atoms with Crippen LogP contribution in [0.15, 0.2) is 30.3 Å². The lowest BCUT2D eigenvalue weighted by atomic mass is 10.1. The van der Waals surface area contributed by atoms with Crippen molar-refractivity contribution in [1.82, 2.24) is 0 Å². The number of nitrogens with two attached hydrogens (primary N) is 2. The zero-order chi connectivity index (χ0) is 14.7. The minimum Gasteiger partial charge on any atom is -0.480 e. The molecular formula is C14H22N2O3. The van der Waals surface area contributed by atoms with Crippen molar-refractivity contribution in [3.05, 3.63) is 35.9 Å². The molecule has 0 radical (unpaired) electrons. The number of benzene rings is 1. The van der Waals surface area contributed by atoms with Crippen molar-refractivity contribution in [2.24, 2.45) is 11.5 Å². The van der Waals surface area contributed by atoms with Crippen molar-refractivity contribution < 1.29 is 14.7 Å². The van der Waals surface area contributed by atoms with Gasteiger partial charge >= 0.3 is 5.97 Å². The van der Waals surface area contributed by atoms with Gasteiger partial charge in [0, 0.05) is 5.56 Å². The molecule has 0 unspecified atom stereocenters. The maximum absolute atomic E-state index is 10.6. The van der Waals surface area contributed by atoms with Gasteiger partial charge in [-0.15, -0.1) is 0 Å². The average Bonchev–Trinajstić information content (AvgIpc) is 2.40. The van der Waals surface area contributed by atoms with Crippen LogP contribution in [-0.2, 0) is 4.79 Å². The molecule has 5 nitrogen and oxygen atoms in total. The standard InChI is InChI=1S/C8H8O.C6H14N2O2/c1-7(9)8-5-3-2-4-6-8;7-4-2-1-3-5(8)6(9)10/h2-6H,1H3;5H,1-4,7-8H2,(H,9,10)/t;5-/m.0/s1. The normalized spacial score (nSPS) is 11.1. The van der Waals surface area contributed by atoms with Gasteiger partial charge in [-0.25, -0.2) is 0 Å². The summed E-state index contributed by atoms with van der Waals surface area (Å²) in [7, 11) is 0. The summed E-state index contributed by atoms with van der Waals surface area (Å²) in [6.07, 6.45) is 2.16. The maximum atomic E-state index is 10.6. The molecule has 0 aliphatic carbocycles. The summed E-state index contributed by atoms with van der Waals surface area (Å²) in [5.41, 5.74) is 11.2. The first-order valence-corrected chi connectivity index (χ1v) is 6.23. The Bertz CT molecular complexity index is 380. The Balaban J connectivity index is 0.000000342. The number of carbonyl (C=O) groups is 2. The Hall–Kier alpha value is -1.72. The van der Waals surface area contributed by atoms with E-state index < -0.39 is 12.0 Å². The third kappa shape index (κ3) is 8.93. The molecule has 0 fully saturated rings. The molecular weight excluding hydrogens is 244 g/mol. The first-order valence-electron chi connectivity index (χ1n) is 6.23. The molecule has 0 aliphatic rings. The van der Waals surface area contributed by atoms with Crippen LogP contribution in [0.25, 0.3) is 0 Å². The number of carbonyl (C=O) groups excluding carboxylic acids is 1. The Morgan fingerprint density at radius 1 is 1.21 bits per heavy atom. The lowest BCUT2D eigenvalue weighted by molar-refractivity contribution is -0.138. The van der Waals surface area contributed by atoms with Crippen LogP contribution >= 0.6 is 0 Å². The van der Waals surface area contributed by atoms with Gasteiger partial charge in [0.05, 0.1) is 0 Å². The van der Waals surface area contributed by atoms with E-state index in [0.717, 1.165) is 18.4 Å². The number of ketones is 1. The molecule has 1 aromatic rings. The molecule has 1 atom stereocenters. The van der Waals surface area contributed by atoms with Crippen LogP contribution in [0.5, 0.6) is 0 Å². The molecule has 19 heavy (non-hydrogen) atoms. The molecule has 5 N–H and O–H groups in total. The molecule has 0 saturated carbocycles. The van der Waals surface area contributed by atoms with E-state index in [0.29, 0.717) is 13.0 Å². The summed E-state index contributed by atoms with van der Waals surface area (Å²) >= 11 is 0. The zero-order valence-electron chi connectivity index (χ0n) is 11.2. The van der Waals surface area contributed by atoms with Crippen LogP contribution in [0.1, 0.15) is 36.5 Å².